The molecule has 0 bridgehead atoms. The molecule has 2 rings (SSSR count). The first-order valence-electron chi connectivity index (χ1n) is 7.43. The number of hydrogen-bond donors (Lipinski definition) is 0. The molecule has 0 spiro atoms. The summed E-state index contributed by atoms with van der Waals surface area (Å²) < 4.78 is 24.4. The minimum absolute atomic E-state index is 0.00148. The highest BCUT2D eigenvalue weighted by Crippen LogP contribution is 2.22. The topological polar surface area (TPSA) is 112 Å². The second-order valence-electron chi connectivity index (χ2n) is 5.65. The summed E-state index contributed by atoms with van der Waals surface area (Å²) in [5.41, 5.74) is -0.628. The zero-order valence-corrected chi connectivity index (χ0v) is 16.5. The van der Waals surface area contributed by atoms with E-state index in [-0.39, 0.29) is 21.6 Å². The first-order valence-corrected chi connectivity index (χ1v) is 9.62. The number of aromatic nitrogens is 2. The smallest absolute Gasteiger partial charge is 0.291 e. The third-order valence-corrected chi connectivity index (χ3v) is 5.13. The van der Waals surface area contributed by atoms with Crippen molar-refractivity contribution in [2.75, 3.05) is 0 Å². The van der Waals surface area contributed by atoms with E-state index in [2.05, 4.69) is 15.9 Å². The average molecular weight is 443 g/mol. The molecule has 0 fully saturated rings. The van der Waals surface area contributed by atoms with Gasteiger partial charge in [0.2, 0.25) is 22.1 Å². The summed E-state index contributed by atoms with van der Waals surface area (Å²) in [6.07, 6.45) is 4.31. The summed E-state index contributed by atoms with van der Waals surface area (Å²) in [4.78, 5) is 49.2. The fraction of sp³-hybridized carbons (Fsp3) is 0.312. The van der Waals surface area contributed by atoms with Crippen molar-refractivity contribution in [1.82, 2.24) is 9.13 Å². The van der Waals surface area contributed by atoms with Gasteiger partial charge in [-0.05, 0) is 13.0 Å². The molecule has 0 amide bonds. The lowest BCUT2D eigenvalue weighted by Gasteiger charge is -2.15. The van der Waals surface area contributed by atoms with Crippen molar-refractivity contribution in [2.45, 2.75) is 26.1 Å². The van der Waals surface area contributed by atoms with Gasteiger partial charge < -0.3 is 0 Å². The molecule has 1 atom stereocenters. The fourth-order valence-electron chi connectivity index (χ4n) is 2.76. The van der Waals surface area contributed by atoms with E-state index in [1.165, 1.54) is 12.2 Å². The van der Waals surface area contributed by atoms with E-state index in [0.717, 1.165) is 18.4 Å². The van der Waals surface area contributed by atoms with Crippen LogP contribution in [0.1, 0.15) is 46.5 Å². The number of nitrogens with zero attached hydrogens (tertiary/aromatic N) is 2. The maximum atomic E-state index is 13.1. The molecule has 0 aliphatic heterocycles. The van der Waals surface area contributed by atoms with Gasteiger partial charge >= 0.3 is 5.69 Å². The van der Waals surface area contributed by atoms with Gasteiger partial charge in [0.15, 0.2) is 5.78 Å². The summed E-state index contributed by atoms with van der Waals surface area (Å²) in [5, 5.41) is -0.0513. The number of halogens is 1. The number of Topliss-reactive ketones (excluding diaryl/α,β-unsaturated/α-hetero) is 1. The quantitative estimate of drug-likeness (QED) is 0.395. The summed E-state index contributed by atoms with van der Waals surface area (Å²) in [6.45, 7) is 3.88. The van der Waals surface area contributed by atoms with Crippen molar-refractivity contribution in [3.8, 4) is 0 Å². The van der Waals surface area contributed by atoms with Gasteiger partial charge in [-0.15, -0.1) is 0 Å². The number of carbonyl (C=O) groups is 3. The second kappa shape index (κ2) is 7.50. The van der Waals surface area contributed by atoms with Crippen molar-refractivity contribution in [3.05, 3.63) is 45.7 Å². The molecule has 1 heterocycles. The van der Waals surface area contributed by atoms with Crippen LogP contribution in [0.5, 0.6) is 0 Å². The largest absolute Gasteiger partial charge is 0.342 e. The molecular weight excluding hydrogens is 428 g/mol. The number of allylic oxidation sites excluding steroid dienone is 4. The molecule has 10 heteroatoms. The third kappa shape index (κ3) is 3.34. The van der Waals surface area contributed by atoms with E-state index in [9.17, 15) is 27.6 Å². The van der Waals surface area contributed by atoms with Crippen molar-refractivity contribution in [3.63, 3.8) is 0 Å². The average Bonchev–Trinajstić information content (AvgIpc) is 2.86. The van der Waals surface area contributed by atoms with Gasteiger partial charge in [-0.1, -0.05) is 33.7 Å². The molecule has 1 unspecified atom stereocenters. The highest BCUT2D eigenvalue weighted by Gasteiger charge is 2.34. The zero-order chi connectivity index (χ0) is 19.8. The summed E-state index contributed by atoms with van der Waals surface area (Å²) >= 11 is 3.12. The Hall–Kier alpha value is -2.33. The van der Waals surface area contributed by atoms with Crippen LogP contribution in [-0.4, -0.2) is 40.0 Å². The zero-order valence-electron chi connectivity index (χ0n) is 14.1. The first-order chi connectivity index (χ1) is 12.1. The standard InChI is InChI=1S/C16H15BrN2O6S/c1-8-4-5-11(13(6-8)26(24)25)15(22)14-12(7-17)18(9(2)20)16(23)19(14)10(3)21/h4-6,11H,7H2,1-3H3. The van der Waals surface area contributed by atoms with E-state index in [1.807, 2.05) is 0 Å². The SMILES string of the molecule is CC(=O)n1c(CBr)c(C(=O)C2C=CC(C)=CC2=S(=O)=O)n(C(C)=O)c1=O. The highest BCUT2D eigenvalue weighted by molar-refractivity contribution is 9.08. The van der Waals surface area contributed by atoms with E-state index in [4.69, 9.17) is 0 Å². The maximum Gasteiger partial charge on any atom is 0.342 e. The molecule has 0 N–H and O–H groups in total. The van der Waals surface area contributed by atoms with Crippen LogP contribution in [0.4, 0.5) is 0 Å². The van der Waals surface area contributed by atoms with Crippen LogP contribution >= 0.6 is 15.9 Å². The van der Waals surface area contributed by atoms with E-state index in [0.29, 0.717) is 10.1 Å². The predicted octanol–water partition coefficient (Wildman–Crippen LogP) is 1.23. The van der Waals surface area contributed by atoms with Crippen molar-refractivity contribution >= 4 is 48.7 Å². The van der Waals surface area contributed by atoms with Gasteiger partial charge in [-0.3, -0.25) is 14.4 Å². The lowest BCUT2D eigenvalue weighted by atomic mass is 9.91. The van der Waals surface area contributed by atoms with Crippen LogP contribution < -0.4 is 5.69 Å². The number of carbonyl (C=O) groups excluding carboxylic acids is 3. The van der Waals surface area contributed by atoms with Gasteiger partial charge in [-0.2, -0.15) is 8.42 Å². The molecule has 1 aliphatic carbocycles. The number of imidazole rings is 1. The van der Waals surface area contributed by atoms with Gasteiger partial charge in [0.25, 0.3) is 0 Å². The first kappa shape index (κ1) is 20.0. The number of alkyl halides is 1. The fourth-order valence-corrected chi connectivity index (χ4v) is 3.95. The Bertz CT molecular complexity index is 1080. The minimum Gasteiger partial charge on any atom is -0.291 e. The summed E-state index contributed by atoms with van der Waals surface area (Å²) in [7, 11) is -2.67. The van der Waals surface area contributed by atoms with Crippen LogP contribution in [0.15, 0.2) is 28.6 Å². The van der Waals surface area contributed by atoms with Crippen molar-refractivity contribution in [1.29, 1.82) is 0 Å². The Morgan fingerprint density at radius 3 is 2.19 bits per heavy atom. The number of ketones is 1. The lowest BCUT2D eigenvalue weighted by Crippen LogP contribution is -2.33. The van der Waals surface area contributed by atoms with E-state index < -0.39 is 39.5 Å². The van der Waals surface area contributed by atoms with Crippen LogP contribution in [0.3, 0.4) is 0 Å². The van der Waals surface area contributed by atoms with Gasteiger partial charge in [0, 0.05) is 19.2 Å². The van der Waals surface area contributed by atoms with Crippen LogP contribution in [-0.2, 0) is 15.6 Å². The minimum atomic E-state index is -2.67. The molecule has 1 aromatic rings. The van der Waals surface area contributed by atoms with Crippen LogP contribution in [0, 0.1) is 5.92 Å². The van der Waals surface area contributed by atoms with E-state index in [1.54, 1.807) is 13.0 Å². The van der Waals surface area contributed by atoms with Gasteiger partial charge in [0.05, 0.1) is 16.5 Å². The molecule has 8 nitrogen and oxygen atoms in total. The Kier molecular flexibility index (Phi) is 5.77. The molecule has 1 aliphatic rings. The highest BCUT2D eigenvalue weighted by atomic mass is 79.9. The molecule has 0 saturated heterocycles. The Morgan fingerprint density at radius 1 is 1.15 bits per heavy atom. The normalized spacial score (nSPS) is 16.4. The van der Waals surface area contributed by atoms with Gasteiger partial charge in [-0.25, -0.2) is 13.9 Å². The summed E-state index contributed by atoms with van der Waals surface area (Å²) in [6, 6.07) is 0. The predicted molar refractivity (Wildman–Crippen MR) is 98.6 cm³/mol. The Labute approximate surface area is 158 Å². The van der Waals surface area contributed by atoms with Gasteiger partial charge in [0.1, 0.15) is 5.69 Å². The Balaban J connectivity index is 2.82. The molecule has 0 radical (unpaired) electrons. The number of hydrogen-bond acceptors (Lipinski definition) is 6. The molecule has 26 heavy (non-hydrogen) atoms. The molecule has 1 aromatic heterocycles. The molecular formula is C16H15BrN2O6S. The van der Waals surface area contributed by atoms with Crippen LogP contribution in [0.2, 0.25) is 0 Å². The monoisotopic (exact) mass is 442 g/mol. The molecule has 138 valence electrons. The Morgan fingerprint density at radius 2 is 1.73 bits per heavy atom. The van der Waals surface area contributed by atoms with Crippen molar-refractivity contribution in [2.24, 2.45) is 5.92 Å². The summed E-state index contributed by atoms with van der Waals surface area (Å²) in [5.74, 6) is -3.37. The third-order valence-electron chi connectivity index (χ3n) is 3.84. The second-order valence-corrected chi connectivity index (χ2v) is 7.15. The molecule has 0 saturated carbocycles. The van der Waals surface area contributed by atoms with Crippen LogP contribution in [0.25, 0.3) is 0 Å². The maximum absolute atomic E-state index is 13.1. The lowest BCUT2D eigenvalue weighted by molar-refractivity contribution is 0.0890. The van der Waals surface area contributed by atoms with E-state index >= 15 is 0 Å². The number of rotatable bonds is 3. The van der Waals surface area contributed by atoms with Crippen molar-refractivity contribution < 1.29 is 22.8 Å². The molecule has 0 aromatic carbocycles.